The number of aromatic carboxylic acids is 1. The van der Waals surface area contributed by atoms with Crippen LogP contribution in [0.2, 0.25) is 0 Å². The average molecular weight is 282 g/mol. The van der Waals surface area contributed by atoms with Gasteiger partial charge in [-0.25, -0.2) is 9.78 Å². The lowest BCUT2D eigenvalue weighted by Crippen LogP contribution is -2.17. The maximum Gasteiger partial charge on any atom is 0.365 e. The van der Waals surface area contributed by atoms with E-state index in [4.69, 9.17) is 5.11 Å². The number of thiophene rings is 1. The first-order valence-electron chi connectivity index (χ1n) is 5.53. The molecule has 0 fully saturated rings. The molecule has 6 heteroatoms. The van der Waals surface area contributed by atoms with Crippen LogP contribution in [0.25, 0.3) is 0 Å². The number of aromatic nitrogens is 1. The van der Waals surface area contributed by atoms with Crippen molar-refractivity contribution in [2.75, 3.05) is 0 Å². The summed E-state index contributed by atoms with van der Waals surface area (Å²) in [7, 11) is 0. The summed E-state index contributed by atoms with van der Waals surface area (Å²) in [5, 5.41) is 14.1. The smallest absolute Gasteiger partial charge is 0.365 e. The molecule has 4 nitrogen and oxygen atoms in total. The molecule has 2 aromatic rings. The van der Waals surface area contributed by atoms with Crippen molar-refractivity contribution in [1.82, 2.24) is 10.3 Å². The minimum absolute atomic E-state index is 0.145. The molecule has 96 valence electrons. The van der Waals surface area contributed by atoms with Gasteiger partial charge in [0.25, 0.3) is 0 Å². The molecule has 0 aliphatic carbocycles. The van der Waals surface area contributed by atoms with Crippen LogP contribution in [0, 0.1) is 6.92 Å². The monoisotopic (exact) mass is 282 g/mol. The van der Waals surface area contributed by atoms with Crippen molar-refractivity contribution in [3.05, 3.63) is 38.0 Å². The van der Waals surface area contributed by atoms with Crippen LogP contribution in [0.4, 0.5) is 0 Å². The van der Waals surface area contributed by atoms with Gasteiger partial charge in [0.15, 0.2) is 0 Å². The molecule has 1 unspecified atom stereocenters. The predicted molar refractivity (Wildman–Crippen MR) is 73.4 cm³/mol. The van der Waals surface area contributed by atoms with E-state index in [1.165, 1.54) is 9.75 Å². The minimum Gasteiger partial charge on any atom is -0.476 e. The van der Waals surface area contributed by atoms with Gasteiger partial charge in [0.2, 0.25) is 5.01 Å². The number of carboxylic acids is 1. The zero-order valence-electron chi connectivity index (χ0n) is 10.1. The van der Waals surface area contributed by atoms with E-state index in [0.29, 0.717) is 6.54 Å². The third kappa shape index (κ3) is 3.16. The summed E-state index contributed by atoms with van der Waals surface area (Å²) in [5.41, 5.74) is 0.775. The number of nitrogens with one attached hydrogen (secondary N) is 1. The Kier molecular flexibility index (Phi) is 4.11. The van der Waals surface area contributed by atoms with Crippen molar-refractivity contribution < 1.29 is 9.90 Å². The highest BCUT2D eigenvalue weighted by Crippen LogP contribution is 2.22. The Morgan fingerprint density at radius 3 is 2.89 bits per heavy atom. The van der Waals surface area contributed by atoms with E-state index in [0.717, 1.165) is 17.0 Å². The number of rotatable bonds is 5. The Morgan fingerprint density at radius 1 is 1.56 bits per heavy atom. The zero-order chi connectivity index (χ0) is 13.1. The van der Waals surface area contributed by atoms with Crippen LogP contribution >= 0.6 is 22.7 Å². The van der Waals surface area contributed by atoms with E-state index >= 15 is 0 Å². The summed E-state index contributed by atoms with van der Waals surface area (Å²) in [4.78, 5) is 17.3. The molecule has 0 bridgehead atoms. The number of hydrogen-bond donors (Lipinski definition) is 2. The third-order valence-corrected chi connectivity index (χ3v) is 4.57. The van der Waals surface area contributed by atoms with Gasteiger partial charge in [-0.3, -0.25) is 0 Å². The summed E-state index contributed by atoms with van der Waals surface area (Å²) in [6.45, 7) is 4.76. The fraction of sp³-hybridized carbons (Fsp3) is 0.333. The van der Waals surface area contributed by atoms with Gasteiger partial charge in [0, 0.05) is 27.7 Å². The van der Waals surface area contributed by atoms with E-state index in [9.17, 15) is 4.79 Å². The first-order valence-corrected chi connectivity index (χ1v) is 7.23. The molecule has 1 atom stereocenters. The first kappa shape index (κ1) is 13.2. The molecule has 2 N–H and O–H groups in total. The van der Waals surface area contributed by atoms with E-state index in [-0.39, 0.29) is 11.0 Å². The lowest BCUT2D eigenvalue weighted by molar-refractivity contribution is 0.0696. The zero-order valence-corrected chi connectivity index (χ0v) is 11.8. The standard InChI is InChI=1S/C12H14N2O2S2/c1-7-3-4-10(18-7)8(2)13-5-9-6-17-11(14-9)12(15)16/h3-4,6,8,13H,5H2,1-2H3,(H,15,16). The van der Waals surface area contributed by atoms with Crippen molar-refractivity contribution in [3.8, 4) is 0 Å². The summed E-state index contributed by atoms with van der Waals surface area (Å²) >= 11 is 2.93. The van der Waals surface area contributed by atoms with Crippen molar-refractivity contribution >= 4 is 28.6 Å². The highest BCUT2D eigenvalue weighted by atomic mass is 32.1. The van der Waals surface area contributed by atoms with E-state index < -0.39 is 5.97 Å². The molecule has 0 aromatic carbocycles. The van der Waals surface area contributed by atoms with E-state index in [1.807, 2.05) is 0 Å². The van der Waals surface area contributed by atoms with Crippen LogP contribution in [-0.2, 0) is 6.54 Å². The van der Waals surface area contributed by atoms with Gasteiger partial charge in [-0.2, -0.15) is 0 Å². The molecule has 0 saturated heterocycles. The molecular formula is C12H14N2O2S2. The molecule has 0 spiro atoms. The van der Waals surface area contributed by atoms with E-state index in [2.05, 4.69) is 36.3 Å². The highest BCUT2D eigenvalue weighted by Gasteiger charge is 2.11. The molecule has 2 rings (SSSR count). The highest BCUT2D eigenvalue weighted by molar-refractivity contribution is 7.12. The third-order valence-electron chi connectivity index (χ3n) is 2.51. The number of nitrogens with zero attached hydrogens (tertiary/aromatic N) is 1. The summed E-state index contributed by atoms with van der Waals surface area (Å²) in [6.07, 6.45) is 0. The van der Waals surface area contributed by atoms with Crippen molar-refractivity contribution in [2.24, 2.45) is 0 Å². The lowest BCUT2D eigenvalue weighted by atomic mass is 10.2. The van der Waals surface area contributed by atoms with Gasteiger partial charge in [-0.15, -0.1) is 22.7 Å². The van der Waals surface area contributed by atoms with Gasteiger partial charge in [-0.05, 0) is 26.0 Å². The van der Waals surface area contributed by atoms with Crippen LogP contribution in [-0.4, -0.2) is 16.1 Å². The molecular weight excluding hydrogens is 268 g/mol. The van der Waals surface area contributed by atoms with Gasteiger partial charge < -0.3 is 10.4 Å². The van der Waals surface area contributed by atoms with E-state index in [1.54, 1.807) is 16.7 Å². The normalized spacial score (nSPS) is 12.6. The summed E-state index contributed by atoms with van der Waals surface area (Å²) in [6, 6.07) is 4.46. The number of aryl methyl sites for hydroxylation is 1. The minimum atomic E-state index is -0.965. The van der Waals surface area contributed by atoms with Crippen LogP contribution in [0.15, 0.2) is 17.5 Å². The molecule has 2 heterocycles. The molecule has 18 heavy (non-hydrogen) atoms. The predicted octanol–water partition coefficient (Wildman–Crippen LogP) is 3.06. The SMILES string of the molecule is Cc1ccc(C(C)NCc2csc(C(=O)O)n2)s1. The Labute approximate surface area is 113 Å². The lowest BCUT2D eigenvalue weighted by Gasteiger charge is -2.10. The number of thiazole rings is 1. The van der Waals surface area contributed by atoms with Crippen LogP contribution < -0.4 is 5.32 Å². The molecule has 0 radical (unpaired) electrons. The Bertz CT molecular complexity index is 548. The molecule has 2 aromatic heterocycles. The van der Waals surface area contributed by atoms with Gasteiger partial charge in [0.05, 0.1) is 5.69 Å². The number of hydrogen-bond acceptors (Lipinski definition) is 5. The summed E-state index contributed by atoms with van der Waals surface area (Å²) in [5.74, 6) is -0.965. The van der Waals surface area contributed by atoms with Gasteiger partial charge in [0.1, 0.15) is 0 Å². The fourth-order valence-corrected chi connectivity index (χ4v) is 3.09. The van der Waals surface area contributed by atoms with Gasteiger partial charge in [-0.1, -0.05) is 0 Å². The van der Waals surface area contributed by atoms with Crippen LogP contribution in [0.3, 0.4) is 0 Å². The fourth-order valence-electron chi connectivity index (χ4n) is 1.53. The average Bonchev–Trinajstić information content (AvgIpc) is 2.94. The number of carboxylic acid groups (broad SMARTS) is 1. The molecule has 0 aliphatic heterocycles. The Hall–Kier alpha value is -1.24. The molecule has 0 amide bonds. The van der Waals surface area contributed by atoms with Gasteiger partial charge >= 0.3 is 5.97 Å². The topological polar surface area (TPSA) is 62.2 Å². The Balaban J connectivity index is 1.92. The number of carbonyl (C=O) groups is 1. The van der Waals surface area contributed by atoms with Crippen molar-refractivity contribution in [2.45, 2.75) is 26.4 Å². The first-order chi connectivity index (χ1) is 8.56. The quantitative estimate of drug-likeness (QED) is 0.884. The second-order valence-electron chi connectivity index (χ2n) is 4.00. The Morgan fingerprint density at radius 2 is 2.33 bits per heavy atom. The van der Waals surface area contributed by atoms with Crippen molar-refractivity contribution in [1.29, 1.82) is 0 Å². The summed E-state index contributed by atoms with van der Waals surface area (Å²) < 4.78 is 0. The maximum absolute atomic E-state index is 10.7. The largest absolute Gasteiger partial charge is 0.476 e. The molecule has 0 saturated carbocycles. The second-order valence-corrected chi connectivity index (χ2v) is 6.18. The van der Waals surface area contributed by atoms with Crippen LogP contribution in [0.5, 0.6) is 0 Å². The second kappa shape index (κ2) is 5.60. The van der Waals surface area contributed by atoms with Crippen LogP contribution in [0.1, 0.15) is 38.2 Å². The maximum atomic E-state index is 10.7. The van der Waals surface area contributed by atoms with Crippen molar-refractivity contribution in [3.63, 3.8) is 0 Å². The molecule has 0 aliphatic rings.